The number of hydrogen-bond acceptors (Lipinski definition) is 2. The van der Waals surface area contributed by atoms with Crippen LogP contribution in [-0.4, -0.2) is 13.1 Å². The zero-order valence-electron chi connectivity index (χ0n) is 5.32. The molecule has 9 heavy (non-hydrogen) atoms. The van der Waals surface area contributed by atoms with E-state index >= 15 is 0 Å². The Morgan fingerprint density at radius 2 is 2.11 bits per heavy atom. The number of esters is 1. The van der Waals surface area contributed by atoms with Gasteiger partial charge in [0.05, 0.1) is 7.11 Å². The van der Waals surface area contributed by atoms with E-state index in [1.165, 1.54) is 23.5 Å². The summed E-state index contributed by atoms with van der Waals surface area (Å²) < 4.78 is 4.40. The van der Waals surface area contributed by atoms with Gasteiger partial charge in [-0.15, -0.1) is 0 Å². The Morgan fingerprint density at radius 1 is 1.67 bits per heavy atom. The predicted molar refractivity (Wildman–Crippen MR) is 33.4 cm³/mol. The molecule has 0 N–H and O–H groups in total. The molecule has 0 radical (unpaired) electrons. The summed E-state index contributed by atoms with van der Waals surface area (Å²) in [5.74, 6) is 0.808. The molecule has 2 nitrogen and oxygen atoms in total. The van der Waals surface area contributed by atoms with Crippen molar-refractivity contribution >= 4 is 19.6 Å². The minimum atomic E-state index is -0.125. The molecule has 1 fully saturated rings. The Balaban J connectivity index is 0.000000291. The fourth-order valence-electron chi connectivity index (χ4n) is 0.411. The van der Waals surface area contributed by atoms with Crippen molar-refractivity contribution in [1.82, 2.24) is 0 Å². The number of carbonyl (C=O) groups is 1. The Morgan fingerprint density at radius 3 is 2.22 bits per heavy atom. The molecule has 0 spiro atoms. The van der Waals surface area contributed by atoms with Crippen molar-refractivity contribution in [2.45, 2.75) is 12.8 Å². The summed E-state index contributed by atoms with van der Waals surface area (Å²) in [5.41, 5.74) is 0. The monoisotopic (exact) mass is 242 g/mol. The van der Waals surface area contributed by atoms with Crippen LogP contribution in [0.3, 0.4) is 0 Å². The van der Waals surface area contributed by atoms with Gasteiger partial charge in [0.1, 0.15) is 0 Å². The van der Waals surface area contributed by atoms with E-state index in [0.717, 1.165) is 18.8 Å². The summed E-state index contributed by atoms with van der Waals surface area (Å²) in [4.78, 5) is 10.3. The van der Waals surface area contributed by atoms with Gasteiger partial charge in [-0.1, -0.05) is 0 Å². The fraction of sp³-hybridized carbons (Fsp3) is 0.600. The number of methoxy groups -OCH3 is 1. The number of halogens is 1. The Labute approximate surface area is 71.4 Å². The first-order valence-electron chi connectivity index (χ1n) is 2.54. The van der Waals surface area contributed by atoms with E-state index in [1.54, 1.807) is 0 Å². The van der Waals surface area contributed by atoms with Gasteiger partial charge in [-0.05, 0) is 0 Å². The van der Waals surface area contributed by atoms with Crippen molar-refractivity contribution in [3.63, 3.8) is 0 Å². The molecule has 4 heteroatoms. The van der Waals surface area contributed by atoms with Crippen LogP contribution in [0.15, 0.2) is 0 Å². The molecule has 1 aliphatic carbocycles. The molecule has 0 aromatic rings. The number of rotatable bonds is 1. The summed E-state index contributed by atoms with van der Waals surface area (Å²) in [5, 5.41) is 0. The van der Waals surface area contributed by atoms with Crippen molar-refractivity contribution in [2.24, 2.45) is 0 Å². The first-order valence-corrected chi connectivity index (χ1v) is 9.49. The van der Waals surface area contributed by atoms with Crippen LogP contribution >= 0.6 is 13.6 Å². The molecule has 0 aromatic heterocycles. The first kappa shape index (κ1) is 9.44. The summed E-state index contributed by atoms with van der Waals surface area (Å²) in [6, 6.07) is 0. The first-order chi connectivity index (χ1) is 4.34. The molecular weight excluding hydrogens is 237 g/mol. The molecule has 0 amide bonds. The number of carbonyl (C=O) groups excluding carboxylic acids is 1. The van der Waals surface area contributed by atoms with Crippen molar-refractivity contribution in [1.29, 1.82) is 0 Å². The SMILES string of the molecule is COC(=O)[C-]1CC1.[Zn+][Br]. The minimum absolute atomic E-state index is 0.125. The quantitative estimate of drug-likeness (QED) is 0.396. The number of hydrogen-bond donors (Lipinski definition) is 0. The van der Waals surface area contributed by atoms with E-state index in [-0.39, 0.29) is 5.97 Å². The summed E-state index contributed by atoms with van der Waals surface area (Å²) in [7, 11) is 1.41. The normalized spacial score (nSPS) is 13.6. The number of ether oxygens (including phenoxy) is 1. The third-order valence-electron chi connectivity index (χ3n) is 0.974. The topological polar surface area (TPSA) is 26.3 Å². The molecule has 1 saturated carbocycles. The Kier molecular flexibility index (Phi) is 5.50. The molecule has 0 saturated heterocycles. The van der Waals surface area contributed by atoms with E-state index in [1.807, 2.05) is 0 Å². The van der Waals surface area contributed by atoms with Crippen LogP contribution in [0.1, 0.15) is 12.8 Å². The fourth-order valence-corrected chi connectivity index (χ4v) is 0.411. The van der Waals surface area contributed by atoms with Crippen LogP contribution in [0.25, 0.3) is 0 Å². The van der Waals surface area contributed by atoms with E-state index in [0.29, 0.717) is 0 Å². The van der Waals surface area contributed by atoms with E-state index < -0.39 is 0 Å². The van der Waals surface area contributed by atoms with Crippen molar-refractivity contribution in [3.05, 3.63) is 5.92 Å². The molecule has 0 aliphatic heterocycles. The average Bonchev–Trinajstić information content (AvgIpc) is 2.72. The third-order valence-corrected chi connectivity index (χ3v) is 0.974. The standard InChI is InChI=1S/C5H7O2.BrH.Zn/c1-7-5(6)4-2-3-4;;/h2-3H2,1H3;1H;/q-1;;+2/p-1. The molecule has 1 aliphatic rings. The van der Waals surface area contributed by atoms with Crippen molar-refractivity contribution in [3.8, 4) is 0 Å². The van der Waals surface area contributed by atoms with Gasteiger partial charge in [-0.2, -0.15) is 12.8 Å². The Hall–Kier alpha value is 0.443. The molecule has 0 aromatic carbocycles. The maximum atomic E-state index is 10.3. The van der Waals surface area contributed by atoms with Crippen LogP contribution in [0, 0.1) is 5.92 Å². The van der Waals surface area contributed by atoms with Gasteiger partial charge in [0, 0.05) is 0 Å². The molecular formula is C5H7BrO2Zn. The maximum absolute atomic E-state index is 10.3. The van der Waals surface area contributed by atoms with Gasteiger partial charge < -0.3 is 4.74 Å². The average molecular weight is 244 g/mol. The van der Waals surface area contributed by atoms with Gasteiger partial charge >= 0.3 is 30.0 Å². The van der Waals surface area contributed by atoms with E-state index in [9.17, 15) is 4.79 Å². The Bertz CT molecular complexity index is 93.0. The predicted octanol–water partition coefficient (Wildman–Crippen LogP) is 1.37. The summed E-state index contributed by atoms with van der Waals surface area (Å²) in [6.45, 7) is 0. The molecule has 0 unspecified atom stereocenters. The summed E-state index contributed by atoms with van der Waals surface area (Å²) >= 11 is 4.25. The van der Waals surface area contributed by atoms with Crippen LogP contribution < -0.4 is 0 Å². The zero-order chi connectivity index (χ0) is 7.28. The van der Waals surface area contributed by atoms with Gasteiger partial charge in [-0.3, -0.25) is 10.7 Å². The van der Waals surface area contributed by atoms with Gasteiger partial charge in [0.15, 0.2) is 5.97 Å². The second kappa shape index (κ2) is 5.25. The second-order valence-corrected chi connectivity index (χ2v) is 1.60. The molecule has 0 heterocycles. The van der Waals surface area contributed by atoms with Crippen LogP contribution in [0.4, 0.5) is 0 Å². The van der Waals surface area contributed by atoms with Crippen molar-refractivity contribution in [2.75, 3.05) is 7.11 Å². The molecule has 1 rings (SSSR count). The van der Waals surface area contributed by atoms with E-state index in [2.05, 4.69) is 18.4 Å². The second-order valence-electron chi connectivity index (χ2n) is 1.60. The van der Waals surface area contributed by atoms with E-state index in [4.69, 9.17) is 0 Å². The summed E-state index contributed by atoms with van der Waals surface area (Å²) in [6.07, 6.45) is 1.90. The van der Waals surface area contributed by atoms with Gasteiger partial charge in [0.25, 0.3) is 0 Å². The van der Waals surface area contributed by atoms with Gasteiger partial charge in [-0.25, -0.2) is 0 Å². The third kappa shape index (κ3) is 3.93. The molecule has 0 atom stereocenters. The molecule has 48 valence electrons. The van der Waals surface area contributed by atoms with Crippen LogP contribution in [0.5, 0.6) is 0 Å². The van der Waals surface area contributed by atoms with Crippen molar-refractivity contribution < 1.29 is 25.9 Å². The molecule has 0 bridgehead atoms. The van der Waals surface area contributed by atoms with Gasteiger partial charge in [0.2, 0.25) is 0 Å². The van der Waals surface area contributed by atoms with Crippen LogP contribution in [0.2, 0.25) is 0 Å². The van der Waals surface area contributed by atoms with Crippen LogP contribution in [-0.2, 0) is 25.9 Å². The zero-order valence-corrected chi connectivity index (χ0v) is 9.87.